The molecule has 0 unspecified atom stereocenters. The summed E-state index contributed by atoms with van der Waals surface area (Å²) in [6, 6.07) is 12.1. The van der Waals surface area contributed by atoms with Crippen LogP contribution in [0.1, 0.15) is 35.2 Å². The zero-order valence-corrected chi connectivity index (χ0v) is 16.7. The van der Waals surface area contributed by atoms with Crippen molar-refractivity contribution < 1.29 is 17.9 Å². The molecular weight excluding hydrogens is 376 g/mol. The Hall–Kier alpha value is -2.38. The number of benzene rings is 2. The molecule has 0 bridgehead atoms. The fourth-order valence-electron chi connectivity index (χ4n) is 3.93. The van der Waals surface area contributed by atoms with Crippen LogP contribution in [0.2, 0.25) is 0 Å². The second-order valence-corrected chi connectivity index (χ2v) is 9.13. The second-order valence-electron chi connectivity index (χ2n) is 7.19. The number of ether oxygens (including phenoxy) is 1. The summed E-state index contributed by atoms with van der Waals surface area (Å²) in [4.78, 5) is 15.1. The lowest BCUT2D eigenvalue weighted by molar-refractivity contribution is 0.0985. The monoisotopic (exact) mass is 400 g/mol. The SMILES string of the molecule is COc1ccc2c(c1)CCCN2C(=O)c1cccc(S(=O)(=O)N2CCCC2)c1. The predicted octanol–water partition coefficient (Wildman–Crippen LogP) is 3.07. The highest BCUT2D eigenvalue weighted by molar-refractivity contribution is 7.89. The summed E-state index contributed by atoms with van der Waals surface area (Å²) >= 11 is 0. The number of hydrogen-bond donors (Lipinski definition) is 0. The fourth-order valence-corrected chi connectivity index (χ4v) is 5.50. The first-order chi connectivity index (χ1) is 13.5. The van der Waals surface area contributed by atoms with E-state index in [4.69, 9.17) is 4.74 Å². The molecule has 2 aromatic rings. The molecule has 2 aromatic carbocycles. The number of hydrogen-bond acceptors (Lipinski definition) is 4. The highest BCUT2D eigenvalue weighted by Gasteiger charge is 2.29. The number of amides is 1. The van der Waals surface area contributed by atoms with Crippen molar-refractivity contribution in [3.8, 4) is 5.75 Å². The first-order valence-electron chi connectivity index (χ1n) is 9.60. The molecule has 0 aromatic heterocycles. The van der Waals surface area contributed by atoms with Gasteiger partial charge in [0.2, 0.25) is 10.0 Å². The zero-order chi connectivity index (χ0) is 19.7. The van der Waals surface area contributed by atoms with Crippen LogP contribution < -0.4 is 9.64 Å². The summed E-state index contributed by atoms with van der Waals surface area (Å²) in [5.41, 5.74) is 2.33. The number of sulfonamides is 1. The number of rotatable bonds is 4. The molecule has 0 radical (unpaired) electrons. The van der Waals surface area contributed by atoms with E-state index in [0.717, 1.165) is 42.7 Å². The van der Waals surface area contributed by atoms with Gasteiger partial charge in [-0.1, -0.05) is 6.07 Å². The molecule has 0 N–H and O–H groups in total. The van der Waals surface area contributed by atoms with Crippen LogP contribution in [0.5, 0.6) is 5.75 Å². The average molecular weight is 401 g/mol. The van der Waals surface area contributed by atoms with E-state index < -0.39 is 10.0 Å². The van der Waals surface area contributed by atoms with Crippen LogP contribution in [0.3, 0.4) is 0 Å². The van der Waals surface area contributed by atoms with E-state index in [1.807, 2.05) is 18.2 Å². The number of nitrogens with zero attached hydrogens (tertiary/aromatic N) is 2. The highest BCUT2D eigenvalue weighted by atomic mass is 32.2. The molecule has 6 nitrogen and oxygen atoms in total. The van der Waals surface area contributed by atoms with Crippen LogP contribution in [0, 0.1) is 0 Å². The predicted molar refractivity (Wildman–Crippen MR) is 107 cm³/mol. The lowest BCUT2D eigenvalue weighted by Gasteiger charge is -2.30. The minimum absolute atomic E-state index is 0.176. The van der Waals surface area contributed by atoms with Crippen molar-refractivity contribution in [2.24, 2.45) is 0 Å². The molecule has 2 aliphatic rings. The van der Waals surface area contributed by atoms with E-state index in [9.17, 15) is 13.2 Å². The average Bonchev–Trinajstić information content (AvgIpc) is 3.28. The van der Waals surface area contributed by atoms with Gasteiger partial charge in [0.25, 0.3) is 5.91 Å². The van der Waals surface area contributed by atoms with Crippen molar-refractivity contribution in [2.45, 2.75) is 30.6 Å². The van der Waals surface area contributed by atoms with Crippen LogP contribution in [0.25, 0.3) is 0 Å². The van der Waals surface area contributed by atoms with Gasteiger partial charge >= 0.3 is 0 Å². The first kappa shape index (κ1) is 19.0. The summed E-state index contributed by atoms with van der Waals surface area (Å²) in [7, 11) is -1.92. The minimum atomic E-state index is -3.55. The van der Waals surface area contributed by atoms with Gasteiger partial charge < -0.3 is 9.64 Å². The summed E-state index contributed by atoms with van der Waals surface area (Å²) in [6.45, 7) is 1.70. The maximum absolute atomic E-state index is 13.2. The number of carbonyl (C=O) groups is 1. The minimum Gasteiger partial charge on any atom is -0.497 e. The molecule has 4 rings (SSSR count). The maximum Gasteiger partial charge on any atom is 0.258 e. The largest absolute Gasteiger partial charge is 0.497 e. The quantitative estimate of drug-likeness (QED) is 0.791. The summed E-state index contributed by atoms with van der Waals surface area (Å²) in [5.74, 6) is 0.594. The van der Waals surface area contributed by atoms with Gasteiger partial charge in [-0.05, 0) is 67.6 Å². The number of carbonyl (C=O) groups excluding carboxylic acids is 1. The van der Waals surface area contributed by atoms with Crippen molar-refractivity contribution in [2.75, 3.05) is 31.6 Å². The van der Waals surface area contributed by atoms with E-state index in [1.165, 1.54) is 10.4 Å². The first-order valence-corrected chi connectivity index (χ1v) is 11.0. The zero-order valence-electron chi connectivity index (χ0n) is 15.9. The molecule has 1 amide bonds. The Morgan fingerprint density at radius 2 is 1.79 bits per heavy atom. The molecule has 2 heterocycles. The molecule has 2 aliphatic heterocycles. The Bertz CT molecular complexity index is 997. The van der Waals surface area contributed by atoms with Crippen molar-refractivity contribution in [1.82, 2.24) is 4.31 Å². The number of aryl methyl sites for hydroxylation is 1. The van der Waals surface area contributed by atoms with Crippen LogP contribution in [0.15, 0.2) is 47.4 Å². The molecule has 1 fully saturated rings. The molecule has 7 heteroatoms. The van der Waals surface area contributed by atoms with E-state index in [0.29, 0.717) is 25.2 Å². The topological polar surface area (TPSA) is 66.9 Å². The molecule has 0 aliphatic carbocycles. The summed E-state index contributed by atoms with van der Waals surface area (Å²) in [5, 5.41) is 0. The molecule has 0 atom stereocenters. The van der Waals surface area contributed by atoms with Gasteiger partial charge in [-0.15, -0.1) is 0 Å². The smallest absolute Gasteiger partial charge is 0.258 e. The third-order valence-electron chi connectivity index (χ3n) is 5.43. The third kappa shape index (κ3) is 3.40. The van der Waals surface area contributed by atoms with Crippen LogP contribution >= 0.6 is 0 Å². The molecule has 148 valence electrons. The molecule has 0 spiro atoms. The van der Waals surface area contributed by atoms with Gasteiger partial charge in [0.15, 0.2) is 0 Å². The molecule has 1 saturated heterocycles. The van der Waals surface area contributed by atoms with Crippen LogP contribution in [-0.4, -0.2) is 45.4 Å². The van der Waals surface area contributed by atoms with E-state index >= 15 is 0 Å². The van der Waals surface area contributed by atoms with Crippen molar-refractivity contribution in [1.29, 1.82) is 0 Å². The Kier molecular flexibility index (Phi) is 5.12. The lowest BCUT2D eigenvalue weighted by atomic mass is 10.0. The standard InChI is InChI=1S/C21H24N2O4S/c1-27-18-9-10-20-16(14-18)7-5-13-23(20)21(24)17-6-4-8-19(15-17)28(25,26)22-11-2-3-12-22/h4,6,8-10,14-15H,2-3,5,7,11-13H2,1H3. The van der Waals surface area contributed by atoms with Gasteiger partial charge in [-0.3, -0.25) is 4.79 Å². The van der Waals surface area contributed by atoms with E-state index in [2.05, 4.69) is 0 Å². The number of methoxy groups -OCH3 is 1. The Labute approximate surface area is 165 Å². The number of anilines is 1. The van der Waals surface area contributed by atoms with Crippen molar-refractivity contribution >= 4 is 21.6 Å². The second kappa shape index (κ2) is 7.56. The molecular formula is C21H24N2O4S. The van der Waals surface area contributed by atoms with Crippen LogP contribution in [0.4, 0.5) is 5.69 Å². The number of fused-ring (bicyclic) bond motifs is 1. The van der Waals surface area contributed by atoms with Crippen LogP contribution in [-0.2, 0) is 16.4 Å². The van der Waals surface area contributed by atoms with E-state index in [-0.39, 0.29) is 10.8 Å². The maximum atomic E-state index is 13.2. The van der Waals surface area contributed by atoms with Gasteiger partial charge in [-0.2, -0.15) is 4.31 Å². The summed E-state index contributed by atoms with van der Waals surface area (Å²) in [6.07, 6.45) is 3.51. The molecule has 0 saturated carbocycles. The Balaban J connectivity index is 1.65. The lowest BCUT2D eigenvalue weighted by Crippen LogP contribution is -2.35. The summed E-state index contributed by atoms with van der Waals surface area (Å²) < 4.78 is 32.5. The fraction of sp³-hybridized carbons (Fsp3) is 0.381. The van der Waals surface area contributed by atoms with Gasteiger partial charge in [0.05, 0.1) is 12.0 Å². The van der Waals surface area contributed by atoms with Gasteiger partial charge in [0, 0.05) is 30.9 Å². The Morgan fingerprint density at radius 3 is 2.54 bits per heavy atom. The normalized spacial score (nSPS) is 17.4. The Morgan fingerprint density at radius 1 is 1.00 bits per heavy atom. The van der Waals surface area contributed by atoms with Crippen molar-refractivity contribution in [3.63, 3.8) is 0 Å². The van der Waals surface area contributed by atoms with Gasteiger partial charge in [0.1, 0.15) is 5.75 Å². The van der Waals surface area contributed by atoms with E-state index in [1.54, 1.807) is 30.2 Å². The highest BCUT2D eigenvalue weighted by Crippen LogP contribution is 2.32. The van der Waals surface area contributed by atoms with Gasteiger partial charge in [-0.25, -0.2) is 8.42 Å². The third-order valence-corrected chi connectivity index (χ3v) is 7.33. The van der Waals surface area contributed by atoms with Crippen molar-refractivity contribution in [3.05, 3.63) is 53.6 Å². The molecule has 28 heavy (non-hydrogen) atoms.